The lowest BCUT2D eigenvalue weighted by Crippen LogP contribution is -2.02. The number of hydrogen-bond acceptors (Lipinski definition) is 3. The van der Waals surface area contributed by atoms with Crippen LogP contribution in [0.2, 0.25) is 0 Å². The van der Waals surface area contributed by atoms with E-state index in [1.165, 1.54) is 12.1 Å². The topological polar surface area (TPSA) is 81.3 Å². The number of benzene rings is 1. The third kappa shape index (κ3) is 2.14. The summed E-state index contributed by atoms with van der Waals surface area (Å²) in [6.45, 7) is 0. The largest absolute Gasteiger partial charge is 0.505 e. The molecule has 0 spiro atoms. The summed E-state index contributed by atoms with van der Waals surface area (Å²) in [6.07, 6.45) is -0.155. The van der Waals surface area contributed by atoms with E-state index in [1.54, 1.807) is 0 Å². The summed E-state index contributed by atoms with van der Waals surface area (Å²) < 4.78 is 0.420. The van der Waals surface area contributed by atoms with Gasteiger partial charge in [0, 0.05) is 0 Å². The number of carboxylic acid groups (broad SMARTS) is 1. The zero-order chi connectivity index (χ0) is 10.7. The van der Waals surface area contributed by atoms with Crippen molar-refractivity contribution in [2.24, 2.45) is 0 Å². The molecule has 1 aromatic rings. The standard InChI is InChI=1S/C9H6INO3/c10-8-5(3-7(12)13)1-2-6(4-11)9(8)14/h1-2,14H,3H2,(H,12,13). The van der Waals surface area contributed by atoms with Crippen LogP contribution in [0, 0.1) is 14.9 Å². The van der Waals surface area contributed by atoms with Crippen molar-refractivity contribution in [2.45, 2.75) is 6.42 Å². The summed E-state index contributed by atoms with van der Waals surface area (Å²) in [4.78, 5) is 10.4. The molecule has 0 saturated heterocycles. The number of aromatic hydroxyl groups is 1. The lowest BCUT2D eigenvalue weighted by Gasteiger charge is -2.04. The van der Waals surface area contributed by atoms with Crippen LogP contribution in [-0.4, -0.2) is 16.2 Å². The van der Waals surface area contributed by atoms with Crippen molar-refractivity contribution < 1.29 is 15.0 Å². The van der Waals surface area contributed by atoms with E-state index in [1.807, 2.05) is 28.7 Å². The fourth-order valence-electron chi connectivity index (χ4n) is 0.996. The maximum atomic E-state index is 10.4. The summed E-state index contributed by atoms with van der Waals surface area (Å²) >= 11 is 1.82. The molecule has 0 unspecified atom stereocenters. The van der Waals surface area contributed by atoms with E-state index in [9.17, 15) is 9.90 Å². The molecule has 0 bridgehead atoms. The highest BCUT2D eigenvalue weighted by molar-refractivity contribution is 14.1. The highest BCUT2D eigenvalue weighted by Crippen LogP contribution is 2.27. The number of halogens is 1. The molecule has 72 valence electrons. The number of aliphatic carboxylic acids is 1. The summed E-state index contributed by atoms with van der Waals surface area (Å²) in [5.41, 5.74) is 0.665. The van der Waals surface area contributed by atoms with Crippen molar-refractivity contribution in [3.8, 4) is 11.8 Å². The molecule has 1 rings (SSSR count). The third-order valence-electron chi connectivity index (χ3n) is 1.66. The molecular weight excluding hydrogens is 297 g/mol. The first-order valence-corrected chi connectivity index (χ1v) is 4.76. The van der Waals surface area contributed by atoms with Gasteiger partial charge < -0.3 is 10.2 Å². The van der Waals surface area contributed by atoms with Gasteiger partial charge in [-0.05, 0) is 34.2 Å². The predicted molar refractivity (Wildman–Crippen MR) is 56.9 cm³/mol. The lowest BCUT2D eigenvalue weighted by atomic mass is 10.1. The molecule has 1 aromatic carbocycles. The summed E-state index contributed by atoms with van der Waals surface area (Å²) in [6, 6.07) is 4.76. The molecule has 0 atom stereocenters. The number of hydrogen-bond donors (Lipinski definition) is 2. The SMILES string of the molecule is N#Cc1ccc(CC(=O)O)c(I)c1O. The summed E-state index contributed by atoms with van der Waals surface area (Å²) in [5, 5.41) is 26.6. The number of rotatable bonds is 2. The summed E-state index contributed by atoms with van der Waals surface area (Å²) in [5.74, 6) is -1.11. The molecule has 0 aliphatic heterocycles. The zero-order valence-corrected chi connectivity index (χ0v) is 9.15. The Hall–Kier alpha value is -1.29. The minimum Gasteiger partial charge on any atom is -0.505 e. The quantitative estimate of drug-likeness (QED) is 0.811. The van der Waals surface area contributed by atoms with Gasteiger partial charge in [-0.1, -0.05) is 6.07 Å². The van der Waals surface area contributed by atoms with E-state index in [0.29, 0.717) is 9.13 Å². The van der Waals surface area contributed by atoms with Crippen molar-refractivity contribution in [3.05, 3.63) is 26.8 Å². The molecule has 0 aromatic heterocycles. The monoisotopic (exact) mass is 303 g/mol. The second-order valence-electron chi connectivity index (χ2n) is 2.62. The number of phenolic OH excluding ortho intramolecular Hbond substituents is 1. The van der Waals surface area contributed by atoms with Crippen LogP contribution >= 0.6 is 22.6 Å². The number of phenols is 1. The normalized spacial score (nSPS) is 9.43. The van der Waals surface area contributed by atoms with Gasteiger partial charge in [-0.25, -0.2) is 0 Å². The number of carboxylic acids is 1. The van der Waals surface area contributed by atoms with Crippen molar-refractivity contribution >= 4 is 28.6 Å². The Balaban J connectivity index is 3.18. The van der Waals surface area contributed by atoms with E-state index in [4.69, 9.17) is 10.4 Å². The van der Waals surface area contributed by atoms with Gasteiger partial charge in [0.15, 0.2) is 0 Å². The van der Waals surface area contributed by atoms with Crippen molar-refractivity contribution in [2.75, 3.05) is 0 Å². The minimum atomic E-state index is -0.966. The summed E-state index contributed by atoms with van der Waals surface area (Å²) in [7, 11) is 0. The molecule has 0 saturated carbocycles. The van der Waals surface area contributed by atoms with Gasteiger partial charge in [-0.15, -0.1) is 0 Å². The zero-order valence-electron chi connectivity index (χ0n) is 6.99. The van der Waals surface area contributed by atoms with Gasteiger partial charge in [0.05, 0.1) is 15.6 Å². The Morgan fingerprint density at radius 1 is 1.57 bits per heavy atom. The van der Waals surface area contributed by atoms with E-state index >= 15 is 0 Å². The van der Waals surface area contributed by atoms with Crippen LogP contribution < -0.4 is 0 Å². The third-order valence-corrected chi connectivity index (χ3v) is 2.86. The maximum absolute atomic E-state index is 10.4. The second-order valence-corrected chi connectivity index (χ2v) is 3.70. The Bertz CT molecular complexity index is 423. The molecule has 4 nitrogen and oxygen atoms in total. The second kappa shape index (κ2) is 4.28. The van der Waals surface area contributed by atoms with E-state index in [2.05, 4.69) is 0 Å². The van der Waals surface area contributed by atoms with Crippen LogP contribution in [0.3, 0.4) is 0 Å². The van der Waals surface area contributed by atoms with Gasteiger partial charge >= 0.3 is 5.97 Å². The van der Waals surface area contributed by atoms with Crippen LogP contribution in [0.15, 0.2) is 12.1 Å². The molecule has 0 aliphatic carbocycles. The molecule has 0 fully saturated rings. The molecule has 14 heavy (non-hydrogen) atoms. The Labute approximate surface area is 93.9 Å². The van der Waals surface area contributed by atoms with E-state index < -0.39 is 5.97 Å². The maximum Gasteiger partial charge on any atom is 0.307 e. The average molecular weight is 303 g/mol. The van der Waals surface area contributed by atoms with E-state index in [0.717, 1.165) is 0 Å². The van der Waals surface area contributed by atoms with Crippen molar-refractivity contribution in [1.82, 2.24) is 0 Å². The fraction of sp³-hybridized carbons (Fsp3) is 0.111. The first-order chi connectivity index (χ1) is 6.56. The van der Waals surface area contributed by atoms with Gasteiger partial charge in [0.1, 0.15) is 11.8 Å². The predicted octanol–water partition coefficient (Wildman–Crippen LogP) is 1.50. The molecular formula is C9H6INO3. The van der Waals surface area contributed by atoms with Crippen LogP contribution in [0.25, 0.3) is 0 Å². The van der Waals surface area contributed by atoms with Gasteiger partial charge in [-0.2, -0.15) is 5.26 Å². The number of nitriles is 1. The van der Waals surface area contributed by atoms with Crippen molar-refractivity contribution in [3.63, 3.8) is 0 Å². The van der Waals surface area contributed by atoms with Gasteiger partial charge in [0.2, 0.25) is 0 Å². The number of carbonyl (C=O) groups is 1. The number of nitrogens with zero attached hydrogens (tertiary/aromatic N) is 1. The molecule has 0 radical (unpaired) electrons. The van der Waals surface area contributed by atoms with Crippen LogP contribution in [-0.2, 0) is 11.2 Å². The van der Waals surface area contributed by atoms with Gasteiger partial charge in [0.25, 0.3) is 0 Å². The first-order valence-electron chi connectivity index (χ1n) is 3.68. The molecule has 0 amide bonds. The van der Waals surface area contributed by atoms with Crippen LogP contribution in [0.5, 0.6) is 5.75 Å². The van der Waals surface area contributed by atoms with Gasteiger partial charge in [-0.3, -0.25) is 4.79 Å². The fourth-order valence-corrected chi connectivity index (χ4v) is 1.66. The lowest BCUT2D eigenvalue weighted by molar-refractivity contribution is -0.136. The Kier molecular flexibility index (Phi) is 3.30. The Morgan fingerprint density at radius 2 is 2.21 bits per heavy atom. The minimum absolute atomic E-state index is 0.146. The van der Waals surface area contributed by atoms with Crippen LogP contribution in [0.4, 0.5) is 0 Å². The first kappa shape index (κ1) is 10.8. The highest BCUT2D eigenvalue weighted by atomic mass is 127. The Morgan fingerprint density at radius 3 is 2.71 bits per heavy atom. The molecule has 0 heterocycles. The highest BCUT2D eigenvalue weighted by Gasteiger charge is 2.11. The average Bonchev–Trinajstić information content (AvgIpc) is 2.13. The molecule has 5 heteroatoms. The molecule has 0 aliphatic rings. The van der Waals surface area contributed by atoms with Crippen molar-refractivity contribution in [1.29, 1.82) is 5.26 Å². The smallest absolute Gasteiger partial charge is 0.307 e. The van der Waals surface area contributed by atoms with E-state index in [-0.39, 0.29) is 17.7 Å². The molecule has 2 N–H and O–H groups in total. The van der Waals surface area contributed by atoms with Crippen LogP contribution in [0.1, 0.15) is 11.1 Å².